The monoisotopic (exact) mass is 428 g/mol. The fraction of sp³-hybridized carbons (Fsp3) is 0.231. The Morgan fingerprint density at radius 3 is 2.16 bits per heavy atom. The molecule has 2 amide bonds. The second-order valence-electron chi connectivity index (χ2n) is 8.21. The van der Waals surface area contributed by atoms with Crippen LogP contribution in [0.5, 0.6) is 5.75 Å². The lowest BCUT2D eigenvalue weighted by Gasteiger charge is -2.29. The molecule has 2 aliphatic heterocycles. The van der Waals surface area contributed by atoms with Gasteiger partial charge in [-0.1, -0.05) is 36.4 Å². The van der Waals surface area contributed by atoms with Gasteiger partial charge in [0.05, 0.1) is 24.5 Å². The maximum absolute atomic E-state index is 13.6. The number of aryl methyl sites for hydroxylation is 2. The number of methoxy groups -OCH3 is 1. The van der Waals surface area contributed by atoms with Crippen LogP contribution < -0.4 is 14.7 Å². The van der Waals surface area contributed by atoms with E-state index >= 15 is 0 Å². The number of hydrogen-bond acceptors (Lipinski definition) is 5. The Labute approximate surface area is 186 Å². The van der Waals surface area contributed by atoms with Crippen molar-refractivity contribution >= 4 is 23.2 Å². The van der Waals surface area contributed by atoms with E-state index in [-0.39, 0.29) is 11.8 Å². The molecule has 2 fully saturated rings. The van der Waals surface area contributed by atoms with Crippen LogP contribution in [-0.4, -0.2) is 25.0 Å². The normalized spacial score (nSPS) is 22.4. The van der Waals surface area contributed by atoms with E-state index in [1.807, 2.05) is 86.6 Å². The SMILES string of the molecule is COc1ccc(N2O[C@H]3C(=O)N(c4ccc(C)c(C)c4)C(=O)[C@@H]3[C@@H]2c2ccccc2)cc1. The molecule has 2 saturated heterocycles. The van der Waals surface area contributed by atoms with Crippen LogP contribution in [0.2, 0.25) is 0 Å². The number of carbonyl (C=O) groups is 2. The number of anilines is 2. The minimum Gasteiger partial charge on any atom is -0.497 e. The first-order valence-corrected chi connectivity index (χ1v) is 10.6. The molecular weight excluding hydrogens is 404 g/mol. The fourth-order valence-corrected chi connectivity index (χ4v) is 4.48. The smallest absolute Gasteiger partial charge is 0.266 e. The predicted octanol–water partition coefficient (Wildman–Crippen LogP) is 4.36. The molecule has 2 heterocycles. The first-order chi connectivity index (χ1) is 15.5. The van der Waals surface area contributed by atoms with Gasteiger partial charge in [0, 0.05) is 0 Å². The average molecular weight is 428 g/mol. The van der Waals surface area contributed by atoms with E-state index in [1.54, 1.807) is 12.2 Å². The fourth-order valence-electron chi connectivity index (χ4n) is 4.48. The molecule has 3 atom stereocenters. The quantitative estimate of drug-likeness (QED) is 0.578. The van der Waals surface area contributed by atoms with Crippen LogP contribution in [0.15, 0.2) is 72.8 Å². The summed E-state index contributed by atoms with van der Waals surface area (Å²) in [5, 5.41) is 1.69. The Morgan fingerprint density at radius 1 is 0.812 bits per heavy atom. The van der Waals surface area contributed by atoms with Crippen molar-refractivity contribution in [3.63, 3.8) is 0 Å². The van der Waals surface area contributed by atoms with Crippen molar-refractivity contribution in [3.8, 4) is 5.75 Å². The molecule has 3 aromatic carbocycles. The number of nitrogens with zero attached hydrogens (tertiary/aromatic N) is 2. The van der Waals surface area contributed by atoms with Crippen LogP contribution in [0, 0.1) is 19.8 Å². The first-order valence-electron chi connectivity index (χ1n) is 10.6. The molecule has 0 unspecified atom stereocenters. The average Bonchev–Trinajstić information content (AvgIpc) is 3.32. The molecule has 0 bridgehead atoms. The Morgan fingerprint density at radius 2 is 1.50 bits per heavy atom. The number of benzene rings is 3. The minimum atomic E-state index is -0.878. The molecule has 0 N–H and O–H groups in total. The molecule has 2 aliphatic rings. The van der Waals surface area contributed by atoms with Crippen molar-refractivity contribution in [1.82, 2.24) is 0 Å². The largest absolute Gasteiger partial charge is 0.497 e. The minimum absolute atomic E-state index is 0.242. The Balaban J connectivity index is 1.56. The number of amides is 2. The number of carbonyl (C=O) groups excluding carboxylic acids is 2. The van der Waals surface area contributed by atoms with Crippen LogP contribution in [0.25, 0.3) is 0 Å². The van der Waals surface area contributed by atoms with Crippen molar-refractivity contribution in [2.75, 3.05) is 17.1 Å². The van der Waals surface area contributed by atoms with E-state index in [9.17, 15) is 9.59 Å². The summed E-state index contributed by atoms with van der Waals surface area (Å²) in [7, 11) is 1.61. The summed E-state index contributed by atoms with van der Waals surface area (Å²) in [5.41, 5.74) is 4.40. The molecule has 162 valence electrons. The highest BCUT2D eigenvalue weighted by molar-refractivity contribution is 6.24. The van der Waals surface area contributed by atoms with Gasteiger partial charge >= 0.3 is 0 Å². The van der Waals surface area contributed by atoms with Gasteiger partial charge in [-0.3, -0.25) is 14.4 Å². The number of hydroxylamine groups is 1. The number of imide groups is 1. The van der Waals surface area contributed by atoms with Crippen molar-refractivity contribution in [1.29, 1.82) is 0 Å². The molecule has 0 aliphatic carbocycles. The van der Waals surface area contributed by atoms with Crippen LogP contribution in [0.4, 0.5) is 11.4 Å². The van der Waals surface area contributed by atoms with Crippen LogP contribution in [0.3, 0.4) is 0 Å². The molecular formula is C26H24N2O4. The zero-order valence-corrected chi connectivity index (χ0v) is 18.2. The lowest BCUT2D eigenvalue weighted by atomic mass is 9.90. The van der Waals surface area contributed by atoms with Gasteiger partial charge < -0.3 is 4.74 Å². The number of rotatable bonds is 4. The maximum atomic E-state index is 13.6. The van der Waals surface area contributed by atoms with Gasteiger partial charge in [0.15, 0.2) is 6.10 Å². The zero-order chi connectivity index (χ0) is 22.4. The molecule has 0 saturated carbocycles. The number of ether oxygens (including phenoxy) is 1. The Kier molecular flexibility index (Phi) is 4.94. The zero-order valence-electron chi connectivity index (χ0n) is 18.2. The Hall–Kier alpha value is -3.64. The Bertz CT molecular complexity index is 1180. The second-order valence-corrected chi connectivity index (χ2v) is 8.21. The third-order valence-electron chi connectivity index (χ3n) is 6.33. The van der Waals surface area contributed by atoms with Gasteiger partial charge in [-0.05, 0) is 66.9 Å². The van der Waals surface area contributed by atoms with Gasteiger partial charge in [-0.25, -0.2) is 9.96 Å². The summed E-state index contributed by atoms with van der Waals surface area (Å²) >= 11 is 0. The molecule has 0 aromatic heterocycles. The number of hydrogen-bond donors (Lipinski definition) is 0. The van der Waals surface area contributed by atoms with Crippen molar-refractivity contribution in [2.45, 2.75) is 26.0 Å². The topological polar surface area (TPSA) is 59.1 Å². The molecule has 0 radical (unpaired) electrons. The summed E-state index contributed by atoms with van der Waals surface area (Å²) in [4.78, 5) is 34.5. The van der Waals surface area contributed by atoms with Gasteiger partial charge in [0.25, 0.3) is 5.91 Å². The summed E-state index contributed by atoms with van der Waals surface area (Å²) in [6.45, 7) is 3.97. The third kappa shape index (κ3) is 3.15. The summed E-state index contributed by atoms with van der Waals surface area (Å²) in [5.74, 6) is -0.501. The highest BCUT2D eigenvalue weighted by atomic mass is 16.7. The van der Waals surface area contributed by atoms with E-state index in [0.717, 1.165) is 28.1 Å². The van der Waals surface area contributed by atoms with Gasteiger partial charge in [0.2, 0.25) is 5.91 Å². The lowest BCUT2D eigenvalue weighted by Crippen LogP contribution is -2.37. The maximum Gasteiger partial charge on any atom is 0.266 e. The first kappa shape index (κ1) is 20.3. The van der Waals surface area contributed by atoms with Crippen LogP contribution in [-0.2, 0) is 14.4 Å². The molecule has 5 rings (SSSR count). The van der Waals surface area contributed by atoms with E-state index in [2.05, 4.69) is 0 Å². The summed E-state index contributed by atoms with van der Waals surface area (Å²) < 4.78 is 5.26. The molecule has 32 heavy (non-hydrogen) atoms. The summed E-state index contributed by atoms with van der Waals surface area (Å²) in [6.07, 6.45) is -0.878. The standard InChI is InChI=1S/C26H24N2O4/c1-16-9-10-20(15-17(16)2)27-25(29)22-23(18-7-5-4-6-8-18)28(32-24(22)26(27)30)19-11-13-21(31-3)14-12-19/h4-15,22-24H,1-3H3/t22-,23+,24-/m1/s1. The van der Waals surface area contributed by atoms with Crippen LogP contribution >= 0.6 is 0 Å². The predicted molar refractivity (Wildman–Crippen MR) is 121 cm³/mol. The molecule has 0 spiro atoms. The van der Waals surface area contributed by atoms with Crippen LogP contribution in [0.1, 0.15) is 22.7 Å². The van der Waals surface area contributed by atoms with Crippen molar-refractivity contribution < 1.29 is 19.2 Å². The number of fused-ring (bicyclic) bond motifs is 1. The van der Waals surface area contributed by atoms with Crippen molar-refractivity contribution in [2.24, 2.45) is 5.92 Å². The summed E-state index contributed by atoms with van der Waals surface area (Å²) in [6, 6.07) is 22.3. The van der Waals surface area contributed by atoms with E-state index in [0.29, 0.717) is 5.69 Å². The molecule has 6 nitrogen and oxygen atoms in total. The van der Waals surface area contributed by atoms with E-state index in [1.165, 1.54) is 4.90 Å². The molecule has 6 heteroatoms. The van der Waals surface area contributed by atoms with Gasteiger partial charge in [0.1, 0.15) is 11.7 Å². The lowest BCUT2D eigenvalue weighted by molar-refractivity contribution is -0.126. The van der Waals surface area contributed by atoms with E-state index < -0.39 is 18.1 Å². The van der Waals surface area contributed by atoms with Crippen molar-refractivity contribution in [3.05, 3.63) is 89.5 Å². The third-order valence-corrected chi connectivity index (χ3v) is 6.33. The van der Waals surface area contributed by atoms with Gasteiger partial charge in [-0.2, -0.15) is 0 Å². The highest BCUT2D eigenvalue weighted by Crippen LogP contribution is 2.47. The second kappa shape index (κ2) is 7.80. The highest BCUT2D eigenvalue weighted by Gasteiger charge is 2.60. The molecule has 3 aromatic rings. The van der Waals surface area contributed by atoms with Gasteiger partial charge in [-0.15, -0.1) is 0 Å². The van der Waals surface area contributed by atoms with E-state index in [4.69, 9.17) is 9.57 Å².